The zero-order valence-electron chi connectivity index (χ0n) is 19.3. The minimum absolute atomic E-state index is 0.0153. The number of fused-ring (bicyclic) bond motifs is 2. The smallest absolute Gasteiger partial charge is 0.426 e. The van der Waals surface area contributed by atoms with Gasteiger partial charge in [0.05, 0.1) is 17.8 Å². The molecule has 0 radical (unpaired) electrons. The summed E-state index contributed by atoms with van der Waals surface area (Å²) in [5.41, 5.74) is -0.416. The highest BCUT2D eigenvalue weighted by atomic mass is 19.4. The summed E-state index contributed by atoms with van der Waals surface area (Å²) in [6.45, 7) is -0.0725. The van der Waals surface area contributed by atoms with E-state index < -0.39 is 36.3 Å². The summed E-state index contributed by atoms with van der Waals surface area (Å²) in [6, 6.07) is 3.89. The highest BCUT2D eigenvalue weighted by Crippen LogP contribution is 2.40. The van der Waals surface area contributed by atoms with Crippen molar-refractivity contribution in [3.05, 3.63) is 29.3 Å². The van der Waals surface area contributed by atoms with E-state index in [4.69, 9.17) is 4.74 Å². The number of alkyl halides is 9. The normalized spacial score (nSPS) is 23.6. The van der Waals surface area contributed by atoms with Gasteiger partial charge in [-0.1, -0.05) is 6.07 Å². The van der Waals surface area contributed by atoms with Crippen LogP contribution >= 0.6 is 0 Å². The van der Waals surface area contributed by atoms with Gasteiger partial charge in [0.1, 0.15) is 0 Å². The second-order valence-corrected chi connectivity index (χ2v) is 9.27. The molecule has 2 atom stereocenters. The van der Waals surface area contributed by atoms with E-state index >= 15 is 0 Å². The third-order valence-corrected chi connectivity index (χ3v) is 6.67. The molecule has 3 fully saturated rings. The van der Waals surface area contributed by atoms with Crippen LogP contribution in [0.3, 0.4) is 0 Å². The predicted octanol–water partition coefficient (Wildman–Crippen LogP) is 4.82. The van der Waals surface area contributed by atoms with Gasteiger partial charge in [-0.2, -0.15) is 39.5 Å². The van der Waals surface area contributed by atoms with E-state index in [9.17, 15) is 44.3 Å². The molecule has 1 aromatic carbocycles. The molecule has 1 aromatic rings. The Morgan fingerprint density at radius 3 is 2.00 bits per heavy atom. The first-order chi connectivity index (χ1) is 17.1. The van der Waals surface area contributed by atoms with E-state index in [1.165, 1.54) is 6.07 Å². The molecule has 0 spiro atoms. The van der Waals surface area contributed by atoms with Crippen molar-refractivity contribution in [1.29, 1.82) is 0 Å². The third kappa shape index (κ3) is 6.36. The molecule has 0 aromatic heterocycles. The zero-order valence-corrected chi connectivity index (χ0v) is 19.3. The summed E-state index contributed by atoms with van der Waals surface area (Å²) in [4.78, 5) is 16.1. The van der Waals surface area contributed by atoms with Gasteiger partial charge in [-0.25, -0.2) is 4.79 Å². The first-order valence-electron chi connectivity index (χ1n) is 11.5. The van der Waals surface area contributed by atoms with E-state index in [2.05, 4.69) is 4.74 Å². The molecule has 3 aliphatic rings. The Labute approximate surface area is 205 Å². The molecule has 0 aliphatic carbocycles. The monoisotopic (exact) mass is 549 g/mol. The molecule has 3 saturated heterocycles. The van der Waals surface area contributed by atoms with E-state index in [0.717, 1.165) is 18.9 Å². The van der Waals surface area contributed by atoms with Gasteiger partial charge in [0.25, 0.3) is 6.10 Å². The van der Waals surface area contributed by atoms with Crippen LogP contribution in [0.1, 0.15) is 24.0 Å². The number of carbonyl (C=O) groups excluding carboxylic acids is 1. The predicted molar refractivity (Wildman–Crippen MR) is 111 cm³/mol. The lowest BCUT2D eigenvalue weighted by molar-refractivity contribution is -0.308. The van der Waals surface area contributed by atoms with Gasteiger partial charge in [0.2, 0.25) is 0 Å². The highest BCUT2D eigenvalue weighted by Gasteiger charge is 2.60. The Hall–Kier alpha value is -2.42. The van der Waals surface area contributed by atoms with Crippen LogP contribution in [0.2, 0.25) is 0 Å². The fraction of sp³-hybridized carbons (Fsp3) is 0.682. The maximum Gasteiger partial charge on any atom is 0.434 e. The van der Waals surface area contributed by atoms with E-state index in [0.29, 0.717) is 23.7 Å². The Kier molecular flexibility index (Phi) is 7.49. The Morgan fingerprint density at radius 2 is 1.49 bits per heavy atom. The van der Waals surface area contributed by atoms with Crippen LogP contribution in [0.4, 0.5) is 50.0 Å². The molecule has 3 heterocycles. The SMILES string of the molecule is O=C(OC(C(F)(F)F)C(F)(F)F)N1CCN(Cc2c(N3CC4CCC(C3)O4)cccc2C(F)(F)F)CC1. The van der Waals surface area contributed by atoms with E-state index in [1.807, 2.05) is 4.90 Å². The summed E-state index contributed by atoms with van der Waals surface area (Å²) in [6.07, 6.45) is -20.9. The fourth-order valence-electron chi connectivity index (χ4n) is 4.92. The van der Waals surface area contributed by atoms with Gasteiger partial charge >= 0.3 is 24.6 Å². The van der Waals surface area contributed by atoms with Gasteiger partial charge < -0.3 is 19.3 Å². The van der Waals surface area contributed by atoms with Crippen LogP contribution in [-0.4, -0.2) is 85.8 Å². The Morgan fingerprint density at radius 1 is 0.919 bits per heavy atom. The van der Waals surface area contributed by atoms with Crippen LogP contribution in [0.5, 0.6) is 0 Å². The summed E-state index contributed by atoms with van der Waals surface area (Å²) >= 11 is 0. The molecule has 0 saturated carbocycles. The van der Waals surface area contributed by atoms with Crippen molar-refractivity contribution in [2.75, 3.05) is 44.2 Å². The van der Waals surface area contributed by atoms with Crippen molar-refractivity contribution in [1.82, 2.24) is 9.80 Å². The minimum atomic E-state index is -5.84. The van der Waals surface area contributed by atoms with Crippen molar-refractivity contribution in [2.24, 2.45) is 0 Å². The van der Waals surface area contributed by atoms with Gasteiger partial charge in [0.15, 0.2) is 0 Å². The number of rotatable bonds is 4. The lowest BCUT2D eigenvalue weighted by Crippen LogP contribution is -2.52. The van der Waals surface area contributed by atoms with E-state index in [1.54, 1.807) is 11.0 Å². The average Bonchev–Trinajstić information content (AvgIpc) is 3.13. The third-order valence-electron chi connectivity index (χ3n) is 6.67. The van der Waals surface area contributed by atoms with Crippen LogP contribution in [-0.2, 0) is 22.2 Å². The number of nitrogens with zero attached hydrogens (tertiary/aromatic N) is 3. The molecule has 6 nitrogen and oxygen atoms in total. The number of hydrogen-bond acceptors (Lipinski definition) is 5. The van der Waals surface area contributed by atoms with E-state index in [-0.39, 0.29) is 50.5 Å². The number of morpholine rings is 1. The van der Waals surface area contributed by atoms with Gasteiger partial charge in [0, 0.05) is 57.1 Å². The number of carbonyl (C=O) groups is 1. The molecule has 1 amide bonds. The molecule has 2 bridgehead atoms. The average molecular weight is 549 g/mol. The lowest BCUT2D eigenvalue weighted by atomic mass is 10.0. The van der Waals surface area contributed by atoms with Crippen molar-refractivity contribution in [2.45, 2.75) is 56.2 Å². The quantitative estimate of drug-likeness (QED) is 0.505. The number of piperazine rings is 1. The molecule has 208 valence electrons. The maximum absolute atomic E-state index is 13.9. The van der Waals surface area contributed by atoms with Crippen molar-refractivity contribution < 1.29 is 53.8 Å². The molecule has 2 unspecified atom stereocenters. The highest BCUT2D eigenvalue weighted by molar-refractivity contribution is 5.68. The fourth-order valence-corrected chi connectivity index (χ4v) is 4.92. The van der Waals surface area contributed by atoms with Crippen LogP contribution in [0, 0.1) is 0 Å². The molecule has 15 heteroatoms. The first-order valence-corrected chi connectivity index (χ1v) is 11.5. The van der Waals surface area contributed by atoms with Crippen LogP contribution in [0.15, 0.2) is 18.2 Å². The van der Waals surface area contributed by atoms with Gasteiger partial charge in [-0.05, 0) is 25.0 Å². The Balaban J connectivity index is 1.45. The van der Waals surface area contributed by atoms with Gasteiger partial charge in [-0.15, -0.1) is 0 Å². The number of ether oxygens (including phenoxy) is 2. The summed E-state index contributed by atoms with van der Waals surface area (Å²) < 4.78 is 127. The molecule has 37 heavy (non-hydrogen) atoms. The van der Waals surface area contributed by atoms with Crippen molar-refractivity contribution in [3.8, 4) is 0 Å². The van der Waals surface area contributed by atoms with Crippen LogP contribution in [0.25, 0.3) is 0 Å². The topological polar surface area (TPSA) is 45.2 Å². The molecule has 0 N–H and O–H groups in total. The number of halogens is 9. The first kappa shape index (κ1) is 27.6. The molecular weight excluding hydrogens is 525 g/mol. The number of benzene rings is 1. The standard InChI is InChI=1S/C22H24F9N3O3/c23-20(24,25)16-2-1-3-17(34-10-13-4-5-14(11-34)36-13)15(16)12-32-6-8-33(9-7-32)19(35)37-18(21(26,27)28)22(29,30)31/h1-3,13-14,18H,4-12H2. The lowest BCUT2D eigenvalue weighted by Gasteiger charge is -2.38. The van der Waals surface area contributed by atoms with Crippen molar-refractivity contribution in [3.63, 3.8) is 0 Å². The summed E-state index contributed by atoms with van der Waals surface area (Å²) in [7, 11) is 0. The number of hydrogen-bond donors (Lipinski definition) is 0. The summed E-state index contributed by atoms with van der Waals surface area (Å²) in [5.74, 6) is 0. The Bertz CT molecular complexity index is 949. The minimum Gasteiger partial charge on any atom is -0.426 e. The zero-order chi connectivity index (χ0) is 27.2. The largest absolute Gasteiger partial charge is 0.434 e. The number of anilines is 1. The number of amides is 1. The second kappa shape index (κ2) is 10.0. The van der Waals surface area contributed by atoms with Crippen molar-refractivity contribution >= 4 is 11.8 Å². The van der Waals surface area contributed by atoms with Gasteiger partial charge in [-0.3, -0.25) is 4.90 Å². The molecule has 4 rings (SSSR count). The van der Waals surface area contributed by atoms with Crippen LogP contribution < -0.4 is 4.90 Å². The second-order valence-electron chi connectivity index (χ2n) is 9.27. The summed E-state index contributed by atoms with van der Waals surface area (Å²) in [5, 5.41) is 0. The molecular formula is C22H24F9N3O3. The maximum atomic E-state index is 13.9. The molecule has 3 aliphatic heterocycles.